The van der Waals surface area contributed by atoms with Crippen molar-refractivity contribution in [1.82, 2.24) is 29.8 Å². The summed E-state index contributed by atoms with van der Waals surface area (Å²) in [4.78, 5) is 8.92. The van der Waals surface area contributed by atoms with Crippen LogP contribution < -0.4 is 0 Å². The predicted molar refractivity (Wildman–Crippen MR) is 93.0 cm³/mol. The van der Waals surface area contributed by atoms with E-state index in [0.29, 0.717) is 28.6 Å². The van der Waals surface area contributed by atoms with Crippen molar-refractivity contribution in [3.8, 4) is 22.8 Å². The Morgan fingerprint density at radius 1 is 1.15 bits per heavy atom. The molecule has 0 fully saturated rings. The first kappa shape index (κ1) is 14.8. The van der Waals surface area contributed by atoms with Crippen LogP contribution >= 0.6 is 0 Å². The average Bonchev–Trinajstić information content (AvgIpc) is 3.33. The van der Waals surface area contributed by atoms with E-state index >= 15 is 0 Å². The second-order valence-electron chi connectivity index (χ2n) is 6.09. The molecule has 0 unspecified atom stereocenters. The number of H-pyrrole nitrogens is 1. The Hall–Kier alpha value is -3.55. The number of benzene rings is 1. The predicted octanol–water partition coefficient (Wildman–Crippen LogP) is 3.68. The number of nitrogens with one attached hydrogen (secondary N) is 1. The van der Waals surface area contributed by atoms with Crippen LogP contribution in [-0.4, -0.2) is 29.8 Å². The van der Waals surface area contributed by atoms with Gasteiger partial charge in [0.2, 0.25) is 5.71 Å². The summed E-state index contributed by atoms with van der Waals surface area (Å²) in [7, 11) is 0. The van der Waals surface area contributed by atoms with E-state index in [9.17, 15) is 4.39 Å². The minimum absolute atomic E-state index is 0.284. The van der Waals surface area contributed by atoms with Gasteiger partial charge in [-0.05, 0) is 44.2 Å². The molecule has 8 heteroatoms. The molecule has 0 aliphatic carbocycles. The van der Waals surface area contributed by atoms with Crippen LogP contribution in [0.25, 0.3) is 39.5 Å². The normalized spacial score (nSPS) is 11.7. The van der Waals surface area contributed by atoms with Crippen LogP contribution in [0.1, 0.15) is 11.3 Å². The Bertz CT molecular complexity index is 1260. The molecule has 26 heavy (non-hydrogen) atoms. The lowest BCUT2D eigenvalue weighted by Crippen LogP contribution is -1.90. The van der Waals surface area contributed by atoms with E-state index in [1.165, 1.54) is 12.1 Å². The van der Waals surface area contributed by atoms with Crippen molar-refractivity contribution in [3.05, 3.63) is 53.8 Å². The number of nitrogens with zero attached hydrogens (tertiary/aromatic N) is 5. The molecule has 0 atom stereocenters. The zero-order valence-corrected chi connectivity index (χ0v) is 14.0. The SMILES string of the molecule is Cc1oc2ncn3nc(-c4cc(-c5ccc(F)cc5)n[nH]4)nc3c2c1C. The number of hydrogen-bond acceptors (Lipinski definition) is 5. The van der Waals surface area contributed by atoms with E-state index in [2.05, 4.69) is 25.3 Å². The number of hydrogen-bond donors (Lipinski definition) is 1. The van der Waals surface area contributed by atoms with E-state index in [0.717, 1.165) is 22.3 Å². The third kappa shape index (κ3) is 2.12. The number of furan rings is 1. The zero-order valence-electron chi connectivity index (χ0n) is 14.0. The molecule has 1 aromatic carbocycles. The van der Waals surface area contributed by atoms with Crippen LogP contribution in [-0.2, 0) is 0 Å². The molecule has 7 nitrogen and oxygen atoms in total. The molecule has 0 amide bonds. The smallest absolute Gasteiger partial charge is 0.231 e. The first-order valence-electron chi connectivity index (χ1n) is 8.03. The van der Waals surface area contributed by atoms with Gasteiger partial charge in [-0.1, -0.05) is 0 Å². The van der Waals surface area contributed by atoms with Crippen LogP contribution in [0, 0.1) is 19.7 Å². The van der Waals surface area contributed by atoms with Crippen molar-refractivity contribution in [2.24, 2.45) is 0 Å². The van der Waals surface area contributed by atoms with Gasteiger partial charge in [0.05, 0.1) is 11.1 Å². The molecule has 5 aromatic rings. The van der Waals surface area contributed by atoms with Gasteiger partial charge in [0.15, 0.2) is 11.5 Å². The van der Waals surface area contributed by atoms with Crippen LogP contribution in [0.15, 0.2) is 41.1 Å². The maximum atomic E-state index is 13.1. The molecule has 0 saturated carbocycles. The van der Waals surface area contributed by atoms with Crippen molar-refractivity contribution < 1.29 is 8.81 Å². The quantitative estimate of drug-likeness (QED) is 0.526. The highest BCUT2D eigenvalue weighted by Crippen LogP contribution is 2.28. The van der Waals surface area contributed by atoms with E-state index in [1.807, 2.05) is 19.9 Å². The van der Waals surface area contributed by atoms with Gasteiger partial charge < -0.3 is 4.42 Å². The molecule has 4 heterocycles. The second kappa shape index (κ2) is 5.22. The summed E-state index contributed by atoms with van der Waals surface area (Å²) >= 11 is 0. The van der Waals surface area contributed by atoms with Crippen LogP contribution in [0.5, 0.6) is 0 Å². The van der Waals surface area contributed by atoms with Crippen LogP contribution in [0.2, 0.25) is 0 Å². The summed E-state index contributed by atoms with van der Waals surface area (Å²) in [6.07, 6.45) is 1.58. The fraction of sp³-hybridized carbons (Fsp3) is 0.111. The Labute approximate surface area is 146 Å². The van der Waals surface area contributed by atoms with Gasteiger partial charge in [-0.3, -0.25) is 5.10 Å². The van der Waals surface area contributed by atoms with Gasteiger partial charge in [0.1, 0.15) is 23.6 Å². The van der Waals surface area contributed by atoms with Gasteiger partial charge in [0, 0.05) is 11.1 Å². The van der Waals surface area contributed by atoms with Crippen LogP contribution in [0.3, 0.4) is 0 Å². The van der Waals surface area contributed by atoms with Crippen molar-refractivity contribution >= 4 is 16.7 Å². The molecule has 0 saturated heterocycles. The molecule has 128 valence electrons. The van der Waals surface area contributed by atoms with Crippen LogP contribution in [0.4, 0.5) is 4.39 Å². The lowest BCUT2D eigenvalue weighted by Gasteiger charge is -1.94. The van der Waals surface area contributed by atoms with Crippen molar-refractivity contribution in [2.45, 2.75) is 13.8 Å². The number of aromatic amines is 1. The fourth-order valence-electron chi connectivity index (χ4n) is 2.96. The molecule has 5 rings (SSSR count). The van der Waals surface area contributed by atoms with Gasteiger partial charge in [0.25, 0.3) is 0 Å². The van der Waals surface area contributed by atoms with E-state index in [-0.39, 0.29) is 5.82 Å². The van der Waals surface area contributed by atoms with Crippen molar-refractivity contribution in [3.63, 3.8) is 0 Å². The molecule has 0 aliphatic rings. The molecular weight excluding hydrogens is 335 g/mol. The Kier molecular flexibility index (Phi) is 2.96. The standard InChI is InChI=1S/C18H13FN6O/c1-9-10(2)26-18-15(9)17-21-16(24-25(17)8-20-18)14-7-13(22-23-14)11-3-5-12(19)6-4-11/h3-8H,1-2H3,(H,22,23). The lowest BCUT2D eigenvalue weighted by atomic mass is 10.1. The Morgan fingerprint density at radius 2 is 1.96 bits per heavy atom. The highest BCUT2D eigenvalue weighted by atomic mass is 19.1. The number of halogens is 1. The van der Waals surface area contributed by atoms with Gasteiger partial charge in [-0.15, -0.1) is 5.10 Å². The minimum Gasteiger partial charge on any atom is -0.443 e. The summed E-state index contributed by atoms with van der Waals surface area (Å²) in [5.41, 5.74) is 4.38. The maximum Gasteiger partial charge on any atom is 0.231 e. The first-order valence-corrected chi connectivity index (χ1v) is 8.03. The first-order chi connectivity index (χ1) is 12.6. The fourth-order valence-corrected chi connectivity index (χ4v) is 2.96. The third-order valence-electron chi connectivity index (χ3n) is 4.46. The molecular formula is C18H13FN6O. The lowest BCUT2D eigenvalue weighted by molar-refractivity contribution is 0.563. The molecule has 1 N–H and O–H groups in total. The Balaban J connectivity index is 1.63. The largest absolute Gasteiger partial charge is 0.443 e. The minimum atomic E-state index is -0.284. The van der Waals surface area contributed by atoms with Crippen molar-refractivity contribution in [2.75, 3.05) is 0 Å². The van der Waals surface area contributed by atoms with Crippen molar-refractivity contribution in [1.29, 1.82) is 0 Å². The third-order valence-corrected chi connectivity index (χ3v) is 4.46. The number of aryl methyl sites for hydroxylation is 2. The highest BCUT2D eigenvalue weighted by Gasteiger charge is 2.17. The topological polar surface area (TPSA) is 84.9 Å². The van der Waals surface area contributed by atoms with Gasteiger partial charge >= 0.3 is 0 Å². The highest BCUT2D eigenvalue weighted by molar-refractivity contribution is 5.92. The molecule has 0 spiro atoms. The molecule has 0 radical (unpaired) electrons. The summed E-state index contributed by atoms with van der Waals surface area (Å²) in [5, 5.41) is 12.5. The molecule has 0 aliphatic heterocycles. The Morgan fingerprint density at radius 3 is 2.77 bits per heavy atom. The van der Waals surface area contributed by atoms with E-state index < -0.39 is 0 Å². The molecule has 4 aromatic heterocycles. The van der Waals surface area contributed by atoms with E-state index in [1.54, 1.807) is 23.0 Å². The average molecular weight is 348 g/mol. The number of aromatic nitrogens is 6. The summed E-state index contributed by atoms with van der Waals surface area (Å²) in [6.45, 7) is 3.87. The summed E-state index contributed by atoms with van der Waals surface area (Å²) < 4.78 is 20.4. The molecule has 0 bridgehead atoms. The van der Waals surface area contributed by atoms with Gasteiger partial charge in [-0.25, -0.2) is 18.9 Å². The zero-order chi connectivity index (χ0) is 17.8. The summed E-state index contributed by atoms with van der Waals surface area (Å²) in [6, 6.07) is 7.99. The monoisotopic (exact) mass is 348 g/mol. The number of fused-ring (bicyclic) bond motifs is 3. The van der Waals surface area contributed by atoms with E-state index in [4.69, 9.17) is 4.42 Å². The number of rotatable bonds is 2. The summed E-state index contributed by atoms with van der Waals surface area (Å²) in [5.74, 6) is 1.03. The maximum absolute atomic E-state index is 13.1. The van der Waals surface area contributed by atoms with Gasteiger partial charge in [-0.2, -0.15) is 5.10 Å². The second-order valence-corrected chi connectivity index (χ2v) is 6.09.